The second kappa shape index (κ2) is 10.7. The summed E-state index contributed by atoms with van der Waals surface area (Å²) in [7, 11) is -3.39. The van der Waals surface area contributed by atoms with Crippen molar-refractivity contribution in [2.24, 2.45) is 0 Å². The third-order valence-electron chi connectivity index (χ3n) is 4.07. The SMILES string of the molecule is CC(C)NCC(OC(=O)c1ccc(CO[N+](=O)[O-])cc1)c1ccc(NS(C)(=O)=O)cc1. The van der Waals surface area contributed by atoms with E-state index >= 15 is 0 Å². The number of carbonyl (C=O) groups excluding carboxylic acids is 1. The summed E-state index contributed by atoms with van der Waals surface area (Å²) < 4.78 is 30.8. The van der Waals surface area contributed by atoms with Crippen LogP contribution in [0, 0.1) is 10.1 Å². The first-order valence-electron chi connectivity index (χ1n) is 9.42. The highest BCUT2D eigenvalue weighted by molar-refractivity contribution is 7.92. The minimum Gasteiger partial charge on any atom is -0.453 e. The van der Waals surface area contributed by atoms with Gasteiger partial charge in [0.15, 0.2) is 0 Å². The molecular formula is C20H25N3O7S. The van der Waals surface area contributed by atoms with Crippen molar-refractivity contribution in [3.8, 4) is 0 Å². The number of sulfonamides is 1. The maximum atomic E-state index is 12.6. The molecular weight excluding hydrogens is 426 g/mol. The Bertz CT molecular complexity index is 990. The van der Waals surface area contributed by atoms with E-state index in [2.05, 4.69) is 14.9 Å². The normalized spacial score (nSPS) is 12.3. The maximum absolute atomic E-state index is 12.6. The molecule has 1 unspecified atom stereocenters. The quantitative estimate of drug-likeness (QED) is 0.302. The molecule has 10 nitrogen and oxygen atoms in total. The van der Waals surface area contributed by atoms with Crippen molar-refractivity contribution in [3.05, 3.63) is 75.3 Å². The average molecular weight is 452 g/mol. The number of hydrogen-bond donors (Lipinski definition) is 2. The predicted octanol–water partition coefficient (Wildman–Crippen LogP) is 2.66. The molecule has 2 aromatic rings. The van der Waals surface area contributed by atoms with Crippen molar-refractivity contribution in [1.29, 1.82) is 0 Å². The van der Waals surface area contributed by atoms with Crippen LogP contribution in [0.5, 0.6) is 0 Å². The number of nitrogens with one attached hydrogen (secondary N) is 2. The molecule has 2 rings (SSSR count). The van der Waals surface area contributed by atoms with Crippen molar-refractivity contribution in [3.63, 3.8) is 0 Å². The number of rotatable bonds is 11. The van der Waals surface area contributed by atoms with Crippen molar-refractivity contribution in [2.75, 3.05) is 17.5 Å². The molecule has 0 saturated heterocycles. The summed E-state index contributed by atoms with van der Waals surface area (Å²) in [6, 6.07) is 12.8. The minimum atomic E-state index is -3.39. The molecule has 0 heterocycles. The van der Waals surface area contributed by atoms with Gasteiger partial charge < -0.3 is 14.9 Å². The summed E-state index contributed by atoms with van der Waals surface area (Å²) in [5.41, 5.74) is 1.92. The zero-order chi connectivity index (χ0) is 23.0. The lowest BCUT2D eigenvalue weighted by Gasteiger charge is -2.21. The summed E-state index contributed by atoms with van der Waals surface area (Å²) in [5.74, 6) is -0.560. The molecule has 2 N–H and O–H groups in total. The zero-order valence-electron chi connectivity index (χ0n) is 17.4. The Hall–Kier alpha value is -3.18. The second-order valence-corrected chi connectivity index (χ2v) is 8.90. The number of carbonyl (C=O) groups is 1. The van der Waals surface area contributed by atoms with Crippen LogP contribution in [0.15, 0.2) is 48.5 Å². The molecule has 0 aliphatic heterocycles. The van der Waals surface area contributed by atoms with E-state index in [0.29, 0.717) is 23.4 Å². The van der Waals surface area contributed by atoms with E-state index in [9.17, 15) is 23.3 Å². The summed E-state index contributed by atoms with van der Waals surface area (Å²) >= 11 is 0. The first kappa shape index (κ1) is 24.1. The number of benzene rings is 2. The molecule has 0 aromatic heterocycles. The highest BCUT2D eigenvalue weighted by Gasteiger charge is 2.19. The van der Waals surface area contributed by atoms with Gasteiger partial charge in [-0.2, -0.15) is 0 Å². The number of nitrogens with zero attached hydrogens (tertiary/aromatic N) is 1. The zero-order valence-corrected chi connectivity index (χ0v) is 18.2. The van der Waals surface area contributed by atoms with E-state index < -0.39 is 27.2 Å². The standard InChI is InChI=1S/C20H25N3O7S/c1-14(2)21-12-19(16-8-10-18(11-9-16)22-31(3,27)28)30-20(24)17-6-4-15(5-7-17)13-29-23(25)26/h4-11,14,19,21-22H,12-13H2,1-3H3. The summed E-state index contributed by atoms with van der Waals surface area (Å²) in [5, 5.41) is 12.6. The van der Waals surface area contributed by atoms with Crippen LogP contribution in [-0.2, 0) is 26.2 Å². The highest BCUT2D eigenvalue weighted by atomic mass is 32.2. The fraction of sp³-hybridized carbons (Fsp3) is 0.350. The Labute approximate surface area is 180 Å². The first-order chi connectivity index (χ1) is 14.5. The number of esters is 1. The molecule has 0 aliphatic carbocycles. The van der Waals surface area contributed by atoms with Gasteiger partial charge in [-0.15, -0.1) is 10.1 Å². The largest absolute Gasteiger partial charge is 0.453 e. The maximum Gasteiger partial charge on any atom is 0.338 e. The molecule has 0 amide bonds. The molecule has 31 heavy (non-hydrogen) atoms. The third-order valence-corrected chi connectivity index (χ3v) is 4.68. The van der Waals surface area contributed by atoms with Crippen molar-refractivity contribution in [2.45, 2.75) is 32.6 Å². The van der Waals surface area contributed by atoms with Gasteiger partial charge in [-0.05, 0) is 35.4 Å². The fourth-order valence-corrected chi connectivity index (χ4v) is 3.18. The van der Waals surface area contributed by atoms with Crippen LogP contribution in [0.25, 0.3) is 0 Å². The molecule has 0 spiro atoms. The van der Waals surface area contributed by atoms with Crippen LogP contribution in [0.2, 0.25) is 0 Å². The van der Waals surface area contributed by atoms with Crippen LogP contribution in [-0.4, -0.2) is 38.3 Å². The Kier molecular flexibility index (Phi) is 8.34. The highest BCUT2D eigenvalue weighted by Crippen LogP contribution is 2.22. The minimum absolute atomic E-state index is 0.160. The van der Waals surface area contributed by atoms with E-state index in [1.165, 1.54) is 12.1 Å². The van der Waals surface area contributed by atoms with Crippen LogP contribution in [0.4, 0.5) is 5.69 Å². The molecule has 11 heteroatoms. The Balaban J connectivity index is 2.12. The monoisotopic (exact) mass is 451 g/mol. The Morgan fingerprint density at radius 1 is 1.10 bits per heavy atom. The Morgan fingerprint density at radius 3 is 2.23 bits per heavy atom. The lowest BCUT2D eigenvalue weighted by atomic mass is 10.1. The van der Waals surface area contributed by atoms with Gasteiger partial charge in [0.25, 0.3) is 5.09 Å². The summed E-state index contributed by atoms with van der Waals surface area (Å²) in [4.78, 5) is 27.2. The van der Waals surface area contributed by atoms with Crippen LogP contribution in [0.3, 0.4) is 0 Å². The number of ether oxygens (including phenoxy) is 1. The molecule has 168 valence electrons. The molecule has 2 aromatic carbocycles. The topological polar surface area (TPSA) is 137 Å². The van der Waals surface area contributed by atoms with E-state index in [1.807, 2.05) is 13.8 Å². The molecule has 0 aliphatic rings. The molecule has 0 bridgehead atoms. The Morgan fingerprint density at radius 2 is 1.71 bits per heavy atom. The van der Waals surface area contributed by atoms with Gasteiger partial charge in [-0.3, -0.25) is 4.72 Å². The smallest absolute Gasteiger partial charge is 0.338 e. The molecule has 0 radical (unpaired) electrons. The van der Waals surface area contributed by atoms with Crippen LogP contribution in [0.1, 0.15) is 41.4 Å². The lowest BCUT2D eigenvalue weighted by molar-refractivity contribution is -0.763. The van der Waals surface area contributed by atoms with Crippen LogP contribution < -0.4 is 10.0 Å². The molecule has 1 atom stereocenters. The lowest BCUT2D eigenvalue weighted by Crippen LogP contribution is -2.30. The average Bonchev–Trinajstić information content (AvgIpc) is 2.69. The summed E-state index contributed by atoms with van der Waals surface area (Å²) in [6.07, 6.45) is 0.451. The van der Waals surface area contributed by atoms with E-state index in [-0.39, 0.29) is 18.2 Å². The summed E-state index contributed by atoms with van der Waals surface area (Å²) in [6.45, 7) is 4.07. The number of hydrogen-bond acceptors (Lipinski definition) is 8. The van der Waals surface area contributed by atoms with Crippen LogP contribution >= 0.6 is 0 Å². The molecule has 0 saturated carbocycles. The first-order valence-corrected chi connectivity index (χ1v) is 11.3. The van der Waals surface area contributed by atoms with Gasteiger partial charge in [-0.1, -0.05) is 38.1 Å². The fourth-order valence-electron chi connectivity index (χ4n) is 2.61. The molecule has 0 fully saturated rings. The number of anilines is 1. The second-order valence-electron chi connectivity index (χ2n) is 7.15. The van der Waals surface area contributed by atoms with Crippen molar-refractivity contribution in [1.82, 2.24) is 5.32 Å². The van der Waals surface area contributed by atoms with Crippen molar-refractivity contribution >= 4 is 21.7 Å². The van der Waals surface area contributed by atoms with E-state index in [0.717, 1.165) is 6.26 Å². The van der Waals surface area contributed by atoms with Crippen molar-refractivity contribution < 1.29 is 27.9 Å². The predicted molar refractivity (Wildman–Crippen MR) is 114 cm³/mol. The van der Waals surface area contributed by atoms with E-state index in [1.54, 1.807) is 36.4 Å². The van der Waals surface area contributed by atoms with Gasteiger partial charge in [0.2, 0.25) is 10.0 Å². The van der Waals surface area contributed by atoms with Gasteiger partial charge in [-0.25, -0.2) is 13.2 Å². The van der Waals surface area contributed by atoms with Gasteiger partial charge in [0.05, 0.1) is 11.8 Å². The van der Waals surface area contributed by atoms with Gasteiger partial charge >= 0.3 is 5.97 Å². The third kappa shape index (κ3) is 8.60. The van der Waals surface area contributed by atoms with Gasteiger partial charge in [0, 0.05) is 18.3 Å². The van der Waals surface area contributed by atoms with E-state index in [4.69, 9.17) is 4.74 Å². The van der Waals surface area contributed by atoms with Gasteiger partial charge in [0.1, 0.15) is 12.7 Å².